The second-order valence-electron chi connectivity index (χ2n) is 8.53. The smallest absolute Gasteiger partial charge is 0.0878 e. The lowest BCUT2D eigenvalue weighted by Gasteiger charge is -2.35. The lowest BCUT2D eigenvalue weighted by atomic mass is 9.88. The maximum atomic E-state index is 11.2. The van der Waals surface area contributed by atoms with Crippen molar-refractivity contribution in [1.82, 2.24) is 0 Å². The van der Waals surface area contributed by atoms with Gasteiger partial charge in [-0.3, -0.25) is 0 Å². The molecule has 0 aromatic heterocycles. The molecule has 31 heavy (non-hydrogen) atoms. The summed E-state index contributed by atoms with van der Waals surface area (Å²) in [5, 5.41) is 22.7. The van der Waals surface area contributed by atoms with Crippen LogP contribution < -0.4 is 0 Å². The molecule has 0 spiro atoms. The molecule has 4 unspecified atom stereocenters. The lowest BCUT2D eigenvalue weighted by molar-refractivity contribution is 0.0809. The van der Waals surface area contributed by atoms with Gasteiger partial charge < -0.3 is 10.2 Å². The summed E-state index contributed by atoms with van der Waals surface area (Å²) in [5.41, 5.74) is 0.702. The Kier molecular flexibility index (Phi) is 6.96. The number of rotatable bonds is 8. The summed E-state index contributed by atoms with van der Waals surface area (Å²) in [7, 11) is 0. The van der Waals surface area contributed by atoms with Crippen LogP contribution in [-0.2, 0) is 0 Å². The Morgan fingerprint density at radius 1 is 0.645 bits per heavy atom. The topological polar surface area (TPSA) is 40.5 Å². The molecule has 0 bridgehead atoms. The fourth-order valence-electron chi connectivity index (χ4n) is 4.27. The van der Waals surface area contributed by atoms with Crippen molar-refractivity contribution in [1.29, 1.82) is 0 Å². The predicted octanol–water partition coefficient (Wildman–Crippen LogP) is 6.48. The minimum atomic E-state index is -0.853. The molecule has 0 amide bonds. The number of allylic oxidation sites excluding steroid dienone is 4. The van der Waals surface area contributed by atoms with Crippen LogP contribution in [0.5, 0.6) is 0 Å². The molecule has 0 radical (unpaired) electrons. The van der Waals surface area contributed by atoms with Crippen LogP contribution in [0.15, 0.2) is 109 Å². The van der Waals surface area contributed by atoms with E-state index in [-0.39, 0.29) is 10.5 Å². The molecular weight excluding hydrogens is 400 g/mol. The van der Waals surface area contributed by atoms with Gasteiger partial charge in [0.25, 0.3) is 0 Å². The number of benzene rings is 2. The Labute approximate surface area is 189 Å². The normalized spacial score (nSPS) is 26.6. The summed E-state index contributed by atoms with van der Waals surface area (Å²) in [5.74, 6) is 0. The SMILES string of the molecule is OC1(CC(SC(CC2(O)C=CC=CC2)c2ccccc2)c2ccccc2)C=CC=CC1. The summed E-state index contributed by atoms with van der Waals surface area (Å²) < 4.78 is 0. The molecule has 160 valence electrons. The van der Waals surface area contributed by atoms with E-state index in [9.17, 15) is 10.2 Å². The van der Waals surface area contributed by atoms with Crippen molar-refractivity contribution in [3.63, 3.8) is 0 Å². The van der Waals surface area contributed by atoms with E-state index in [2.05, 4.69) is 48.5 Å². The maximum absolute atomic E-state index is 11.2. The molecule has 2 aliphatic carbocycles. The van der Waals surface area contributed by atoms with Crippen molar-refractivity contribution in [2.75, 3.05) is 0 Å². The van der Waals surface area contributed by atoms with E-state index >= 15 is 0 Å². The van der Waals surface area contributed by atoms with Gasteiger partial charge in [-0.05, 0) is 36.8 Å². The van der Waals surface area contributed by atoms with E-state index in [4.69, 9.17) is 0 Å². The van der Waals surface area contributed by atoms with Gasteiger partial charge in [0.2, 0.25) is 0 Å². The highest BCUT2D eigenvalue weighted by Crippen LogP contribution is 2.49. The van der Waals surface area contributed by atoms with Crippen LogP contribution in [0.1, 0.15) is 47.3 Å². The molecule has 4 atom stereocenters. The average Bonchev–Trinajstić information content (AvgIpc) is 2.80. The van der Waals surface area contributed by atoms with Crippen LogP contribution in [0.25, 0.3) is 0 Å². The standard InChI is InChI=1S/C28H30O2S/c29-27(17-9-3-10-18-27)21-25(23-13-5-1-6-14-23)31-26(24-15-7-2-8-16-24)22-28(30)19-11-4-12-20-28/h1-17,19,25-26,29-30H,18,20-22H2. The van der Waals surface area contributed by atoms with Crippen LogP contribution in [0.4, 0.5) is 0 Å². The van der Waals surface area contributed by atoms with Gasteiger partial charge in [-0.2, -0.15) is 0 Å². The molecule has 2 aliphatic rings. The van der Waals surface area contributed by atoms with Gasteiger partial charge >= 0.3 is 0 Å². The summed E-state index contributed by atoms with van der Waals surface area (Å²) in [6, 6.07) is 20.9. The first kappa shape index (κ1) is 21.9. The van der Waals surface area contributed by atoms with E-state index < -0.39 is 11.2 Å². The third-order valence-corrected chi connectivity index (χ3v) is 7.53. The Bertz CT molecular complexity index is 884. The van der Waals surface area contributed by atoms with E-state index in [0.29, 0.717) is 25.7 Å². The van der Waals surface area contributed by atoms with Crippen molar-refractivity contribution in [3.05, 3.63) is 120 Å². The van der Waals surface area contributed by atoms with E-state index in [1.807, 2.05) is 72.5 Å². The first-order valence-electron chi connectivity index (χ1n) is 10.9. The van der Waals surface area contributed by atoms with Gasteiger partial charge in [0.15, 0.2) is 0 Å². The number of hydrogen-bond acceptors (Lipinski definition) is 3. The molecule has 2 N–H and O–H groups in total. The van der Waals surface area contributed by atoms with E-state index in [1.54, 1.807) is 0 Å². The van der Waals surface area contributed by atoms with Crippen molar-refractivity contribution in [2.24, 2.45) is 0 Å². The highest BCUT2D eigenvalue weighted by Gasteiger charge is 2.34. The van der Waals surface area contributed by atoms with Crippen molar-refractivity contribution < 1.29 is 10.2 Å². The molecule has 2 nitrogen and oxygen atoms in total. The quantitative estimate of drug-likeness (QED) is 0.504. The third-order valence-electron chi connectivity index (χ3n) is 6.00. The molecule has 3 heteroatoms. The minimum absolute atomic E-state index is 0.0965. The molecule has 0 fully saturated rings. The fraction of sp³-hybridized carbons (Fsp3) is 0.286. The van der Waals surface area contributed by atoms with Gasteiger partial charge in [-0.1, -0.05) is 109 Å². The monoisotopic (exact) mass is 430 g/mol. The number of hydrogen-bond donors (Lipinski definition) is 2. The first-order chi connectivity index (χ1) is 15.1. The molecule has 0 saturated carbocycles. The van der Waals surface area contributed by atoms with E-state index in [1.165, 1.54) is 11.1 Å². The van der Waals surface area contributed by atoms with Gasteiger partial charge in [-0.25, -0.2) is 0 Å². The molecule has 0 saturated heterocycles. The van der Waals surface area contributed by atoms with Gasteiger partial charge in [0, 0.05) is 10.5 Å². The second-order valence-corrected chi connectivity index (χ2v) is 9.94. The summed E-state index contributed by atoms with van der Waals surface area (Å²) in [6.45, 7) is 0. The Morgan fingerprint density at radius 2 is 1.06 bits per heavy atom. The maximum Gasteiger partial charge on any atom is 0.0878 e. The van der Waals surface area contributed by atoms with Crippen LogP contribution in [0.2, 0.25) is 0 Å². The van der Waals surface area contributed by atoms with Crippen molar-refractivity contribution in [2.45, 2.75) is 47.4 Å². The third kappa shape index (κ3) is 5.88. The Balaban J connectivity index is 1.63. The summed E-state index contributed by atoms with van der Waals surface area (Å²) in [6.07, 6.45) is 18.3. The summed E-state index contributed by atoms with van der Waals surface area (Å²) >= 11 is 1.84. The van der Waals surface area contributed by atoms with Gasteiger partial charge in [-0.15, -0.1) is 11.8 Å². The van der Waals surface area contributed by atoms with Crippen molar-refractivity contribution >= 4 is 11.8 Å². The minimum Gasteiger partial charge on any atom is -0.385 e. The zero-order chi connectivity index (χ0) is 21.6. The van der Waals surface area contributed by atoms with Crippen molar-refractivity contribution in [3.8, 4) is 0 Å². The zero-order valence-electron chi connectivity index (χ0n) is 17.7. The first-order valence-corrected chi connectivity index (χ1v) is 11.9. The number of thioether (sulfide) groups is 1. The predicted molar refractivity (Wildman–Crippen MR) is 131 cm³/mol. The summed E-state index contributed by atoms with van der Waals surface area (Å²) in [4.78, 5) is 0. The second kappa shape index (κ2) is 9.86. The fourth-order valence-corrected chi connectivity index (χ4v) is 6.07. The highest BCUT2D eigenvalue weighted by atomic mass is 32.2. The number of aliphatic hydroxyl groups is 2. The molecular formula is C28H30O2S. The Morgan fingerprint density at radius 3 is 1.42 bits per heavy atom. The molecule has 2 aromatic carbocycles. The van der Waals surface area contributed by atoms with Crippen LogP contribution in [-0.4, -0.2) is 21.4 Å². The lowest BCUT2D eigenvalue weighted by Crippen LogP contribution is -2.30. The van der Waals surface area contributed by atoms with Gasteiger partial charge in [0.1, 0.15) is 0 Å². The van der Waals surface area contributed by atoms with Crippen LogP contribution in [0.3, 0.4) is 0 Å². The van der Waals surface area contributed by atoms with E-state index in [0.717, 1.165) is 0 Å². The molecule has 2 aromatic rings. The molecule has 4 rings (SSSR count). The van der Waals surface area contributed by atoms with Crippen LogP contribution >= 0.6 is 11.8 Å². The van der Waals surface area contributed by atoms with Gasteiger partial charge in [0.05, 0.1) is 11.2 Å². The Hall–Kier alpha value is -2.33. The average molecular weight is 431 g/mol. The molecule has 0 heterocycles. The van der Waals surface area contributed by atoms with Crippen LogP contribution in [0, 0.1) is 0 Å². The zero-order valence-corrected chi connectivity index (χ0v) is 18.5. The largest absolute Gasteiger partial charge is 0.385 e. The highest BCUT2D eigenvalue weighted by molar-refractivity contribution is 7.99. The molecule has 0 aliphatic heterocycles.